The summed E-state index contributed by atoms with van der Waals surface area (Å²) in [6, 6.07) is 5.20. The second-order valence-electron chi connectivity index (χ2n) is 9.36. The molecule has 0 aliphatic carbocycles. The van der Waals surface area contributed by atoms with Crippen molar-refractivity contribution in [2.45, 2.75) is 53.0 Å². The summed E-state index contributed by atoms with van der Waals surface area (Å²) in [6.07, 6.45) is 1.93. The highest BCUT2D eigenvalue weighted by Crippen LogP contribution is 2.36. The van der Waals surface area contributed by atoms with Gasteiger partial charge < -0.3 is 10.0 Å². The standard InChI is InChI=1S/C26H28Cl2N2O4S/c1-5-29-13-7-6-8-20(24(29)32)30(23(31)18-10-9-16(27)14-19(18)28)21-15-17(11-12-26(2,3)4)35-22(21)25(33)34/h9-10,14-15,20H,5-8,13H2,1-4H3,(H,33,34)/t20-/m0/s1. The molecule has 186 valence electrons. The molecule has 1 aliphatic rings. The van der Waals surface area contributed by atoms with Crippen molar-refractivity contribution < 1.29 is 19.5 Å². The Morgan fingerprint density at radius 2 is 1.94 bits per heavy atom. The lowest BCUT2D eigenvalue weighted by molar-refractivity contribution is -0.131. The number of halogens is 2. The minimum atomic E-state index is -1.19. The number of benzene rings is 1. The van der Waals surface area contributed by atoms with Crippen LogP contribution in [0.3, 0.4) is 0 Å². The Kier molecular flexibility index (Phi) is 8.53. The van der Waals surface area contributed by atoms with Crippen LogP contribution in [-0.2, 0) is 4.79 Å². The topological polar surface area (TPSA) is 77.9 Å². The Morgan fingerprint density at radius 3 is 2.54 bits per heavy atom. The maximum Gasteiger partial charge on any atom is 0.348 e. The minimum absolute atomic E-state index is 0.0539. The Bertz CT molecular complexity index is 1210. The number of thiophene rings is 1. The average molecular weight is 535 g/mol. The van der Waals surface area contributed by atoms with E-state index in [1.807, 2.05) is 27.7 Å². The molecule has 0 unspecified atom stereocenters. The molecule has 1 fully saturated rings. The molecule has 1 aromatic carbocycles. The largest absolute Gasteiger partial charge is 0.477 e. The monoisotopic (exact) mass is 534 g/mol. The third-order valence-corrected chi connectivity index (χ3v) is 7.13. The van der Waals surface area contributed by atoms with E-state index in [1.54, 1.807) is 11.0 Å². The number of likely N-dealkylation sites (tertiary alicyclic amines) is 1. The fraction of sp³-hybridized carbons (Fsp3) is 0.423. The number of carbonyl (C=O) groups excluding carboxylic acids is 2. The summed E-state index contributed by atoms with van der Waals surface area (Å²) in [4.78, 5) is 43.1. The van der Waals surface area contributed by atoms with E-state index < -0.39 is 17.9 Å². The minimum Gasteiger partial charge on any atom is -0.477 e. The molecule has 2 aromatic rings. The summed E-state index contributed by atoms with van der Waals surface area (Å²) in [7, 11) is 0. The molecule has 0 radical (unpaired) electrons. The first kappa shape index (κ1) is 27.1. The van der Waals surface area contributed by atoms with E-state index >= 15 is 0 Å². The summed E-state index contributed by atoms with van der Waals surface area (Å²) in [6.45, 7) is 8.83. The Balaban J connectivity index is 2.22. The smallest absolute Gasteiger partial charge is 0.348 e. The van der Waals surface area contributed by atoms with Gasteiger partial charge in [0.15, 0.2) is 0 Å². The first-order valence-corrected chi connectivity index (χ1v) is 13.0. The Hall–Kier alpha value is -2.53. The fourth-order valence-electron chi connectivity index (χ4n) is 3.87. The lowest BCUT2D eigenvalue weighted by Crippen LogP contribution is -2.50. The van der Waals surface area contributed by atoms with Crippen LogP contribution in [0.25, 0.3) is 0 Å². The van der Waals surface area contributed by atoms with Crippen LogP contribution >= 0.6 is 34.5 Å². The molecule has 1 saturated heterocycles. The van der Waals surface area contributed by atoms with E-state index in [9.17, 15) is 19.5 Å². The number of hydrogen-bond donors (Lipinski definition) is 1. The van der Waals surface area contributed by atoms with Crippen molar-refractivity contribution in [2.75, 3.05) is 18.0 Å². The van der Waals surface area contributed by atoms with E-state index in [1.165, 1.54) is 23.1 Å². The van der Waals surface area contributed by atoms with Crippen LogP contribution in [0.15, 0.2) is 24.3 Å². The molecule has 2 amide bonds. The van der Waals surface area contributed by atoms with E-state index in [0.717, 1.165) is 17.8 Å². The molecule has 0 bridgehead atoms. The zero-order chi connectivity index (χ0) is 25.9. The predicted octanol–water partition coefficient (Wildman–Crippen LogP) is 6.20. The highest BCUT2D eigenvalue weighted by atomic mass is 35.5. The number of hydrogen-bond acceptors (Lipinski definition) is 4. The van der Waals surface area contributed by atoms with Gasteiger partial charge in [-0.15, -0.1) is 11.3 Å². The van der Waals surface area contributed by atoms with Crippen LogP contribution < -0.4 is 4.90 Å². The van der Waals surface area contributed by atoms with E-state index in [2.05, 4.69) is 11.8 Å². The molecule has 1 N–H and O–H groups in total. The first-order chi connectivity index (χ1) is 16.4. The number of likely N-dealkylation sites (N-methyl/N-ethyl adjacent to an activating group) is 1. The third kappa shape index (κ3) is 6.38. The van der Waals surface area contributed by atoms with Gasteiger partial charge in [-0.25, -0.2) is 4.79 Å². The van der Waals surface area contributed by atoms with Crippen molar-refractivity contribution in [1.29, 1.82) is 0 Å². The second-order valence-corrected chi connectivity index (χ2v) is 11.3. The highest BCUT2D eigenvalue weighted by Gasteiger charge is 2.38. The number of anilines is 1. The van der Waals surface area contributed by atoms with Crippen LogP contribution in [-0.4, -0.2) is 46.9 Å². The second kappa shape index (κ2) is 11.0. The number of carboxylic acids is 1. The average Bonchev–Trinajstić information content (AvgIpc) is 3.11. The van der Waals surface area contributed by atoms with Crippen LogP contribution in [0, 0.1) is 17.3 Å². The van der Waals surface area contributed by atoms with Gasteiger partial charge in [-0.1, -0.05) is 35.0 Å². The van der Waals surface area contributed by atoms with Gasteiger partial charge in [0, 0.05) is 23.5 Å². The summed E-state index contributed by atoms with van der Waals surface area (Å²) in [5, 5.41) is 10.5. The number of carboxylic acid groups (broad SMARTS) is 1. The SMILES string of the molecule is CCN1CCCC[C@H](N(C(=O)c2ccc(Cl)cc2Cl)c2cc(C#CC(C)(C)C)sc2C(=O)O)C1=O. The molecule has 1 atom stereocenters. The number of carbonyl (C=O) groups is 3. The van der Waals surface area contributed by atoms with Gasteiger partial charge in [-0.05, 0) is 71.2 Å². The van der Waals surface area contributed by atoms with Gasteiger partial charge in [0.1, 0.15) is 10.9 Å². The number of aromatic carboxylic acids is 1. The van der Waals surface area contributed by atoms with Crippen LogP contribution in [0.1, 0.15) is 71.9 Å². The normalized spacial score (nSPS) is 16.3. The molecule has 9 heteroatoms. The van der Waals surface area contributed by atoms with Crippen molar-refractivity contribution in [3.8, 4) is 11.8 Å². The quantitative estimate of drug-likeness (QED) is 0.463. The molecular formula is C26H28Cl2N2O4S. The van der Waals surface area contributed by atoms with Gasteiger partial charge in [-0.2, -0.15) is 0 Å². The van der Waals surface area contributed by atoms with Crippen LogP contribution in [0.4, 0.5) is 5.69 Å². The fourth-order valence-corrected chi connectivity index (χ4v) is 5.21. The molecule has 2 heterocycles. The van der Waals surface area contributed by atoms with Crippen molar-refractivity contribution >= 4 is 58.0 Å². The summed E-state index contributed by atoms with van der Waals surface area (Å²) < 4.78 is 0. The molecule has 0 saturated carbocycles. The Morgan fingerprint density at radius 1 is 1.23 bits per heavy atom. The zero-order valence-electron chi connectivity index (χ0n) is 20.2. The lowest BCUT2D eigenvalue weighted by Gasteiger charge is -2.33. The van der Waals surface area contributed by atoms with Gasteiger partial charge in [0.05, 0.1) is 21.2 Å². The van der Waals surface area contributed by atoms with Crippen molar-refractivity contribution in [3.63, 3.8) is 0 Å². The van der Waals surface area contributed by atoms with Crippen molar-refractivity contribution in [2.24, 2.45) is 5.41 Å². The van der Waals surface area contributed by atoms with Crippen molar-refractivity contribution in [3.05, 3.63) is 49.6 Å². The third-order valence-electron chi connectivity index (χ3n) is 5.55. The summed E-state index contributed by atoms with van der Waals surface area (Å²) >= 11 is 13.4. The van der Waals surface area contributed by atoms with E-state index in [4.69, 9.17) is 23.2 Å². The summed E-state index contributed by atoms with van der Waals surface area (Å²) in [5.74, 6) is 4.16. The molecule has 1 aromatic heterocycles. The summed E-state index contributed by atoms with van der Waals surface area (Å²) in [5.41, 5.74) is -0.00673. The molecule has 3 rings (SSSR count). The van der Waals surface area contributed by atoms with Crippen molar-refractivity contribution in [1.82, 2.24) is 4.90 Å². The van der Waals surface area contributed by atoms with Gasteiger partial charge in [0.25, 0.3) is 5.91 Å². The molecule has 35 heavy (non-hydrogen) atoms. The van der Waals surface area contributed by atoms with Gasteiger partial charge in [0.2, 0.25) is 5.91 Å². The first-order valence-electron chi connectivity index (χ1n) is 11.4. The number of amides is 2. The zero-order valence-corrected chi connectivity index (χ0v) is 22.5. The molecule has 0 spiro atoms. The number of nitrogens with zero attached hydrogens (tertiary/aromatic N) is 2. The van der Waals surface area contributed by atoms with Crippen LogP contribution in [0.5, 0.6) is 0 Å². The maximum atomic E-state index is 13.9. The molecule has 6 nitrogen and oxygen atoms in total. The molecule has 1 aliphatic heterocycles. The predicted molar refractivity (Wildman–Crippen MR) is 141 cm³/mol. The van der Waals surface area contributed by atoms with E-state index in [0.29, 0.717) is 35.8 Å². The van der Waals surface area contributed by atoms with Crippen LogP contribution in [0.2, 0.25) is 10.0 Å². The number of rotatable bonds is 5. The molecular weight excluding hydrogens is 507 g/mol. The van der Waals surface area contributed by atoms with E-state index in [-0.39, 0.29) is 32.5 Å². The highest BCUT2D eigenvalue weighted by molar-refractivity contribution is 7.15. The Labute approximate surface area is 219 Å². The maximum absolute atomic E-state index is 13.9. The van der Waals surface area contributed by atoms with Gasteiger partial charge >= 0.3 is 5.97 Å². The van der Waals surface area contributed by atoms with Gasteiger partial charge in [-0.3, -0.25) is 14.5 Å². The lowest BCUT2D eigenvalue weighted by atomic mass is 9.98.